The largest absolute Gasteiger partial charge is 0.481 e. The minimum absolute atomic E-state index is 0.0169. The second kappa shape index (κ2) is 8.81. The van der Waals surface area contributed by atoms with Gasteiger partial charge in [0.15, 0.2) is 12.6 Å². The highest BCUT2D eigenvalue weighted by molar-refractivity contribution is 6.31. The summed E-state index contributed by atoms with van der Waals surface area (Å²) in [6, 6.07) is 15.0. The molecule has 0 spiro atoms. The number of hydrogen-bond acceptors (Lipinski definition) is 7. The Labute approximate surface area is 198 Å². The third-order valence-corrected chi connectivity index (χ3v) is 5.71. The lowest BCUT2D eigenvalue weighted by atomic mass is 10.1. The molecule has 0 amide bonds. The molecule has 0 fully saturated rings. The van der Waals surface area contributed by atoms with Gasteiger partial charge in [0, 0.05) is 33.8 Å². The van der Waals surface area contributed by atoms with Crippen LogP contribution in [0.3, 0.4) is 0 Å². The number of ether oxygens (including phenoxy) is 3. The second-order valence-corrected chi connectivity index (χ2v) is 8.28. The minimum Gasteiger partial charge on any atom is -0.481 e. The monoisotopic (exact) mass is 479 g/mol. The Morgan fingerprint density at radius 1 is 1.12 bits per heavy atom. The van der Waals surface area contributed by atoms with Crippen molar-refractivity contribution in [2.75, 3.05) is 6.79 Å². The molecule has 0 saturated carbocycles. The van der Waals surface area contributed by atoms with Gasteiger partial charge in [0.2, 0.25) is 11.2 Å². The summed E-state index contributed by atoms with van der Waals surface area (Å²) >= 11 is 6.10. The predicted octanol–water partition coefficient (Wildman–Crippen LogP) is 5.78. The summed E-state index contributed by atoms with van der Waals surface area (Å²) in [6.45, 7) is 1.99. The van der Waals surface area contributed by atoms with E-state index in [1.54, 1.807) is 12.1 Å². The Kier molecular flexibility index (Phi) is 5.69. The van der Waals surface area contributed by atoms with Crippen molar-refractivity contribution in [3.8, 4) is 22.8 Å². The highest BCUT2D eigenvalue weighted by atomic mass is 35.5. The normalized spacial score (nSPS) is 12.8. The molecule has 9 heteroatoms. The summed E-state index contributed by atoms with van der Waals surface area (Å²) in [5.41, 5.74) is 2.50. The van der Waals surface area contributed by atoms with E-state index in [1.807, 2.05) is 31.2 Å². The van der Waals surface area contributed by atoms with Gasteiger partial charge < -0.3 is 18.6 Å². The lowest BCUT2D eigenvalue weighted by Crippen LogP contribution is -2.16. The molecule has 3 aromatic carbocycles. The van der Waals surface area contributed by atoms with Gasteiger partial charge in [0.25, 0.3) is 5.69 Å². The number of hydrogen-bond donors (Lipinski definition) is 0. The third kappa shape index (κ3) is 4.09. The first-order valence-electron chi connectivity index (χ1n) is 10.4. The van der Waals surface area contributed by atoms with Crippen LogP contribution in [0.4, 0.5) is 5.69 Å². The summed E-state index contributed by atoms with van der Waals surface area (Å²) in [6.07, 6.45) is 0. The van der Waals surface area contributed by atoms with E-state index in [1.165, 1.54) is 18.2 Å². The van der Waals surface area contributed by atoms with Crippen LogP contribution in [0.1, 0.15) is 16.7 Å². The Morgan fingerprint density at radius 3 is 2.68 bits per heavy atom. The van der Waals surface area contributed by atoms with Crippen molar-refractivity contribution in [1.29, 1.82) is 0 Å². The summed E-state index contributed by atoms with van der Waals surface area (Å²) in [7, 11) is 0. The zero-order valence-corrected chi connectivity index (χ0v) is 18.8. The molecule has 1 aromatic heterocycles. The highest BCUT2D eigenvalue weighted by Gasteiger charge is 2.23. The van der Waals surface area contributed by atoms with Crippen molar-refractivity contribution in [2.24, 2.45) is 0 Å². The molecule has 0 saturated heterocycles. The molecule has 8 nitrogen and oxygen atoms in total. The average molecular weight is 480 g/mol. The van der Waals surface area contributed by atoms with Crippen LogP contribution in [0.5, 0.6) is 11.5 Å². The smallest absolute Gasteiger partial charge is 0.270 e. The van der Waals surface area contributed by atoms with Gasteiger partial charge in [-0.15, -0.1) is 0 Å². The van der Waals surface area contributed by atoms with Gasteiger partial charge in [-0.25, -0.2) is 0 Å². The Bertz CT molecular complexity index is 1480. The SMILES string of the molecule is Cc1ccc(-c2oc3ccc(Cl)cc3c(=O)c2OCc2cc([N+](=O)[O-])cc3c2OCOC3)cc1. The summed E-state index contributed by atoms with van der Waals surface area (Å²) in [5, 5.41) is 12.1. The Morgan fingerprint density at radius 2 is 1.91 bits per heavy atom. The molecule has 5 rings (SSSR count). The van der Waals surface area contributed by atoms with Crippen LogP contribution in [0, 0.1) is 17.0 Å². The molecule has 1 aliphatic heterocycles. The molecule has 0 aliphatic carbocycles. The number of nitro benzene ring substituents is 1. The molecular formula is C25H18ClNO7. The number of halogens is 1. The van der Waals surface area contributed by atoms with E-state index >= 15 is 0 Å². The fourth-order valence-corrected chi connectivity index (χ4v) is 3.99. The van der Waals surface area contributed by atoms with Crippen molar-refractivity contribution in [3.05, 3.63) is 96.6 Å². The lowest BCUT2D eigenvalue weighted by Gasteiger charge is -2.21. The van der Waals surface area contributed by atoms with Crippen molar-refractivity contribution < 1.29 is 23.6 Å². The third-order valence-electron chi connectivity index (χ3n) is 5.48. The van der Waals surface area contributed by atoms with Crippen LogP contribution in [0.15, 0.2) is 63.8 Å². The van der Waals surface area contributed by atoms with Crippen LogP contribution < -0.4 is 14.9 Å². The van der Waals surface area contributed by atoms with Gasteiger partial charge in [-0.05, 0) is 25.1 Å². The van der Waals surface area contributed by atoms with Crippen LogP contribution >= 0.6 is 11.6 Å². The summed E-state index contributed by atoms with van der Waals surface area (Å²) in [4.78, 5) is 24.3. The summed E-state index contributed by atoms with van der Waals surface area (Å²) < 4.78 is 22.9. The predicted molar refractivity (Wildman–Crippen MR) is 125 cm³/mol. The van der Waals surface area contributed by atoms with Gasteiger partial charge in [-0.2, -0.15) is 0 Å². The molecule has 0 bridgehead atoms. The molecule has 172 valence electrons. The fourth-order valence-electron chi connectivity index (χ4n) is 3.82. The first-order chi connectivity index (χ1) is 16.4. The van der Waals surface area contributed by atoms with E-state index < -0.39 is 10.4 Å². The Hall–Kier alpha value is -3.88. The molecule has 1 aliphatic rings. The molecule has 4 aromatic rings. The number of nitro groups is 1. The maximum atomic E-state index is 13.4. The van der Waals surface area contributed by atoms with E-state index in [0.29, 0.717) is 33.0 Å². The van der Waals surface area contributed by atoms with E-state index in [0.717, 1.165) is 5.56 Å². The molecular weight excluding hydrogens is 462 g/mol. The van der Waals surface area contributed by atoms with Crippen molar-refractivity contribution in [2.45, 2.75) is 20.1 Å². The summed E-state index contributed by atoms with van der Waals surface area (Å²) in [5.74, 6) is 0.677. The average Bonchev–Trinajstić information content (AvgIpc) is 2.84. The van der Waals surface area contributed by atoms with E-state index in [2.05, 4.69) is 0 Å². The van der Waals surface area contributed by atoms with E-state index in [-0.39, 0.29) is 42.6 Å². The molecule has 0 unspecified atom stereocenters. The van der Waals surface area contributed by atoms with Crippen LogP contribution in [-0.2, 0) is 18.0 Å². The molecule has 34 heavy (non-hydrogen) atoms. The maximum Gasteiger partial charge on any atom is 0.270 e. The van der Waals surface area contributed by atoms with E-state index in [9.17, 15) is 14.9 Å². The number of rotatable bonds is 5. The van der Waals surface area contributed by atoms with Crippen molar-refractivity contribution >= 4 is 28.3 Å². The van der Waals surface area contributed by atoms with Gasteiger partial charge in [0.1, 0.15) is 17.9 Å². The first kappa shape index (κ1) is 21.9. The van der Waals surface area contributed by atoms with Crippen molar-refractivity contribution in [1.82, 2.24) is 0 Å². The zero-order chi connectivity index (χ0) is 23.8. The van der Waals surface area contributed by atoms with Gasteiger partial charge in [-0.3, -0.25) is 14.9 Å². The highest BCUT2D eigenvalue weighted by Crippen LogP contribution is 2.36. The van der Waals surface area contributed by atoms with Crippen LogP contribution in [0.2, 0.25) is 5.02 Å². The minimum atomic E-state index is -0.498. The number of benzene rings is 3. The van der Waals surface area contributed by atoms with Crippen LogP contribution in [0.25, 0.3) is 22.3 Å². The molecule has 0 N–H and O–H groups in total. The standard InChI is InChI=1S/C25H18ClNO7/c1-14-2-4-15(5-3-14)24-25(22(28)20-10-18(26)6-7-21(20)34-24)32-12-17-9-19(27(29)30)8-16-11-31-13-33-23(16)17/h2-10H,11-13H2,1H3. The second-order valence-electron chi connectivity index (χ2n) is 7.85. The molecule has 0 radical (unpaired) electrons. The quantitative estimate of drug-likeness (QED) is 0.264. The fraction of sp³-hybridized carbons (Fsp3) is 0.160. The topological polar surface area (TPSA) is 101 Å². The lowest BCUT2D eigenvalue weighted by molar-refractivity contribution is -0.385. The number of aryl methyl sites for hydroxylation is 1. The number of non-ortho nitro benzene ring substituents is 1. The first-order valence-corrected chi connectivity index (χ1v) is 10.8. The van der Waals surface area contributed by atoms with Crippen LogP contribution in [-0.4, -0.2) is 11.7 Å². The maximum absolute atomic E-state index is 13.4. The molecule has 0 atom stereocenters. The van der Waals surface area contributed by atoms with Gasteiger partial charge >= 0.3 is 0 Å². The number of nitrogens with zero attached hydrogens (tertiary/aromatic N) is 1. The zero-order valence-electron chi connectivity index (χ0n) is 18.0. The molecule has 2 heterocycles. The Balaban J connectivity index is 1.63. The van der Waals surface area contributed by atoms with Crippen molar-refractivity contribution in [3.63, 3.8) is 0 Å². The van der Waals surface area contributed by atoms with E-state index in [4.69, 9.17) is 30.2 Å². The van der Waals surface area contributed by atoms with Gasteiger partial charge in [0.05, 0.1) is 16.9 Å². The van der Waals surface area contributed by atoms with Gasteiger partial charge in [-0.1, -0.05) is 41.4 Å². The number of fused-ring (bicyclic) bond motifs is 2.